The summed E-state index contributed by atoms with van der Waals surface area (Å²) in [7, 11) is 1.55. The zero-order valence-electron chi connectivity index (χ0n) is 14.2. The molecule has 134 valence electrons. The maximum atomic E-state index is 11.5. The Bertz CT molecular complexity index is 677. The van der Waals surface area contributed by atoms with Crippen molar-refractivity contribution in [1.29, 1.82) is 0 Å². The highest BCUT2D eigenvalue weighted by molar-refractivity contribution is 6.31. The second kappa shape index (κ2) is 10.0. The van der Waals surface area contributed by atoms with Crippen molar-refractivity contribution < 1.29 is 14.6 Å². The van der Waals surface area contributed by atoms with E-state index in [1.54, 1.807) is 7.05 Å². The molecule has 0 fully saturated rings. The first-order valence-corrected chi connectivity index (χ1v) is 8.53. The van der Waals surface area contributed by atoms with Crippen molar-refractivity contribution in [2.24, 2.45) is 0 Å². The predicted molar refractivity (Wildman–Crippen MR) is 98.9 cm³/mol. The minimum Gasteiger partial charge on any atom is -0.489 e. The van der Waals surface area contributed by atoms with Crippen LogP contribution in [-0.2, 0) is 17.8 Å². The van der Waals surface area contributed by atoms with Gasteiger partial charge in [0.1, 0.15) is 18.4 Å². The lowest BCUT2D eigenvalue weighted by Gasteiger charge is -2.14. The molecule has 3 N–H and O–H groups in total. The van der Waals surface area contributed by atoms with Gasteiger partial charge >= 0.3 is 0 Å². The van der Waals surface area contributed by atoms with Gasteiger partial charge in [0.15, 0.2) is 0 Å². The molecule has 1 atom stereocenters. The maximum absolute atomic E-state index is 11.5. The SMILES string of the molecule is CNC(=O)[C@H](CO)NCCc1ccc(OCc2ccccc2Cl)cc1. The number of rotatable bonds is 9. The number of ether oxygens (including phenoxy) is 1. The van der Waals surface area contributed by atoms with E-state index in [4.69, 9.17) is 16.3 Å². The van der Waals surface area contributed by atoms with Crippen molar-refractivity contribution in [2.45, 2.75) is 19.1 Å². The summed E-state index contributed by atoms with van der Waals surface area (Å²) in [5.74, 6) is 0.557. The average Bonchev–Trinajstić information content (AvgIpc) is 2.65. The number of amides is 1. The lowest BCUT2D eigenvalue weighted by atomic mass is 10.1. The Labute approximate surface area is 153 Å². The molecule has 0 heterocycles. The Balaban J connectivity index is 1.79. The summed E-state index contributed by atoms with van der Waals surface area (Å²) in [6.45, 7) is 0.790. The molecule has 0 aliphatic carbocycles. The van der Waals surface area contributed by atoms with Crippen LogP contribution in [0, 0.1) is 0 Å². The standard InChI is InChI=1S/C19H23ClN2O3/c1-21-19(24)18(12-23)22-11-10-14-6-8-16(9-7-14)25-13-15-4-2-3-5-17(15)20/h2-9,18,22-23H,10-13H2,1H3,(H,21,24)/t18-/m0/s1. The molecule has 6 heteroatoms. The van der Waals surface area contributed by atoms with E-state index in [0.29, 0.717) is 18.2 Å². The molecule has 0 aromatic heterocycles. The minimum atomic E-state index is -0.580. The monoisotopic (exact) mass is 362 g/mol. The first kappa shape index (κ1) is 19.2. The highest BCUT2D eigenvalue weighted by Crippen LogP contribution is 2.19. The summed E-state index contributed by atoms with van der Waals surface area (Å²) in [6.07, 6.45) is 0.748. The molecular weight excluding hydrogens is 340 g/mol. The summed E-state index contributed by atoms with van der Waals surface area (Å²) >= 11 is 6.11. The Kier molecular flexibility index (Phi) is 7.73. The molecule has 0 radical (unpaired) electrons. The Hall–Kier alpha value is -2.08. The molecule has 0 saturated carbocycles. The highest BCUT2D eigenvalue weighted by atomic mass is 35.5. The fraction of sp³-hybridized carbons (Fsp3) is 0.316. The van der Waals surface area contributed by atoms with Gasteiger partial charge in [0.2, 0.25) is 5.91 Å². The van der Waals surface area contributed by atoms with Gasteiger partial charge in [-0.05, 0) is 36.7 Å². The summed E-state index contributed by atoms with van der Waals surface area (Å²) in [4.78, 5) is 11.5. The van der Waals surface area contributed by atoms with Gasteiger partial charge < -0.3 is 20.5 Å². The van der Waals surface area contributed by atoms with Crippen LogP contribution in [0.3, 0.4) is 0 Å². The van der Waals surface area contributed by atoms with Crippen LogP contribution in [0.2, 0.25) is 5.02 Å². The number of carbonyl (C=O) groups excluding carboxylic acids is 1. The first-order chi connectivity index (χ1) is 12.1. The number of hydrogen-bond acceptors (Lipinski definition) is 4. The molecule has 0 spiro atoms. The second-order valence-electron chi connectivity index (χ2n) is 5.58. The van der Waals surface area contributed by atoms with Crippen LogP contribution in [0.15, 0.2) is 48.5 Å². The van der Waals surface area contributed by atoms with E-state index in [9.17, 15) is 9.90 Å². The van der Waals surface area contributed by atoms with Crippen LogP contribution < -0.4 is 15.4 Å². The van der Waals surface area contributed by atoms with E-state index in [1.807, 2.05) is 48.5 Å². The average molecular weight is 363 g/mol. The lowest BCUT2D eigenvalue weighted by Crippen LogP contribution is -2.46. The zero-order chi connectivity index (χ0) is 18.1. The van der Waals surface area contributed by atoms with Gasteiger partial charge in [-0.25, -0.2) is 0 Å². The minimum absolute atomic E-state index is 0.217. The number of benzene rings is 2. The van der Waals surface area contributed by atoms with E-state index in [2.05, 4.69) is 10.6 Å². The van der Waals surface area contributed by atoms with E-state index in [-0.39, 0.29) is 12.5 Å². The fourth-order valence-corrected chi connectivity index (χ4v) is 2.52. The van der Waals surface area contributed by atoms with E-state index in [0.717, 1.165) is 23.3 Å². The van der Waals surface area contributed by atoms with Crippen LogP contribution in [0.25, 0.3) is 0 Å². The van der Waals surface area contributed by atoms with Crippen molar-refractivity contribution in [3.05, 3.63) is 64.7 Å². The summed E-state index contributed by atoms with van der Waals surface area (Å²) in [5, 5.41) is 15.4. The Morgan fingerprint density at radius 3 is 2.56 bits per heavy atom. The predicted octanol–water partition coefficient (Wildman–Crippen LogP) is 2.16. The number of nitrogens with one attached hydrogen (secondary N) is 2. The second-order valence-corrected chi connectivity index (χ2v) is 5.98. The number of halogens is 1. The largest absolute Gasteiger partial charge is 0.489 e. The maximum Gasteiger partial charge on any atom is 0.239 e. The molecule has 0 bridgehead atoms. The van der Waals surface area contributed by atoms with Crippen molar-refractivity contribution >= 4 is 17.5 Å². The highest BCUT2D eigenvalue weighted by Gasteiger charge is 2.14. The van der Waals surface area contributed by atoms with E-state index < -0.39 is 6.04 Å². The van der Waals surface area contributed by atoms with Crippen LogP contribution in [0.5, 0.6) is 5.75 Å². The fourth-order valence-electron chi connectivity index (χ4n) is 2.33. The molecular formula is C19H23ClN2O3. The third-order valence-corrected chi connectivity index (χ3v) is 4.19. The normalized spacial score (nSPS) is 11.8. The summed E-state index contributed by atoms with van der Waals surface area (Å²) in [5.41, 5.74) is 2.06. The zero-order valence-corrected chi connectivity index (χ0v) is 14.9. The van der Waals surface area contributed by atoms with Gasteiger partial charge in [-0.15, -0.1) is 0 Å². The van der Waals surface area contributed by atoms with Crippen molar-refractivity contribution in [3.63, 3.8) is 0 Å². The molecule has 0 unspecified atom stereocenters. The van der Waals surface area contributed by atoms with Gasteiger partial charge in [-0.2, -0.15) is 0 Å². The number of likely N-dealkylation sites (N-methyl/N-ethyl adjacent to an activating group) is 1. The van der Waals surface area contributed by atoms with Gasteiger partial charge in [0.05, 0.1) is 6.61 Å². The molecule has 0 saturated heterocycles. The van der Waals surface area contributed by atoms with Crippen LogP contribution in [0.4, 0.5) is 0 Å². The molecule has 2 aromatic rings. The van der Waals surface area contributed by atoms with Gasteiger partial charge in [-0.1, -0.05) is 41.9 Å². The topological polar surface area (TPSA) is 70.6 Å². The third-order valence-electron chi connectivity index (χ3n) is 3.83. The van der Waals surface area contributed by atoms with Gasteiger partial charge in [-0.3, -0.25) is 4.79 Å². The van der Waals surface area contributed by atoms with E-state index >= 15 is 0 Å². The summed E-state index contributed by atoms with van der Waals surface area (Å²) in [6, 6.07) is 14.8. The van der Waals surface area contributed by atoms with Gasteiger partial charge in [0.25, 0.3) is 0 Å². The lowest BCUT2D eigenvalue weighted by molar-refractivity contribution is -0.123. The Morgan fingerprint density at radius 2 is 1.92 bits per heavy atom. The molecule has 1 amide bonds. The molecule has 25 heavy (non-hydrogen) atoms. The molecule has 2 aromatic carbocycles. The van der Waals surface area contributed by atoms with E-state index in [1.165, 1.54) is 0 Å². The molecule has 0 aliphatic heterocycles. The van der Waals surface area contributed by atoms with Crippen molar-refractivity contribution in [1.82, 2.24) is 10.6 Å². The van der Waals surface area contributed by atoms with Crippen LogP contribution >= 0.6 is 11.6 Å². The number of aliphatic hydroxyl groups is 1. The number of hydrogen-bond donors (Lipinski definition) is 3. The number of carbonyl (C=O) groups is 1. The number of aliphatic hydroxyl groups excluding tert-OH is 1. The third kappa shape index (κ3) is 6.05. The molecule has 5 nitrogen and oxygen atoms in total. The first-order valence-electron chi connectivity index (χ1n) is 8.15. The summed E-state index contributed by atoms with van der Waals surface area (Å²) < 4.78 is 5.75. The smallest absolute Gasteiger partial charge is 0.239 e. The Morgan fingerprint density at radius 1 is 1.20 bits per heavy atom. The van der Waals surface area contributed by atoms with Crippen molar-refractivity contribution in [3.8, 4) is 5.75 Å². The van der Waals surface area contributed by atoms with Crippen LogP contribution in [0.1, 0.15) is 11.1 Å². The van der Waals surface area contributed by atoms with Gasteiger partial charge in [0, 0.05) is 17.6 Å². The molecule has 0 aliphatic rings. The van der Waals surface area contributed by atoms with Crippen LogP contribution in [-0.4, -0.2) is 37.3 Å². The molecule has 2 rings (SSSR count). The van der Waals surface area contributed by atoms with Crippen molar-refractivity contribution in [2.75, 3.05) is 20.2 Å². The quantitative estimate of drug-likeness (QED) is 0.639.